The Kier molecular flexibility index (Phi) is 4.19. The quantitative estimate of drug-likeness (QED) is 0.868. The van der Waals surface area contributed by atoms with Gasteiger partial charge in [0, 0.05) is 24.2 Å². The van der Waals surface area contributed by atoms with E-state index in [-0.39, 0.29) is 18.6 Å². The number of likely N-dealkylation sites (tertiary alicyclic amines) is 1. The summed E-state index contributed by atoms with van der Waals surface area (Å²) in [5.41, 5.74) is 0. The standard InChI is InChI=1S/C14H17N3O3S/c1-10-8-12(16-20-10)19-9-13(18)17-6-3-2-4-11(17)14-15-5-7-21-14/h5,7-8,11H,2-4,6,9H2,1H3. The van der Waals surface area contributed by atoms with Crippen LogP contribution in [-0.4, -0.2) is 34.1 Å². The highest BCUT2D eigenvalue weighted by Gasteiger charge is 2.29. The maximum Gasteiger partial charge on any atom is 0.261 e. The number of nitrogens with zero attached hydrogens (tertiary/aromatic N) is 3. The van der Waals surface area contributed by atoms with Gasteiger partial charge in [-0.15, -0.1) is 11.3 Å². The van der Waals surface area contributed by atoms with Crippen LogP contribution in [0.25, 0.3) is 0 Å². The smallest absolute Gasteiger partial charge is 0.261 e. The Balaban J connectivity index is 1.64. The Morgan fingerprint density at radius 3 is 3.19 bits per heavy atom. The Morgan fingerprint density at radius 1 is 1.57 bits per heavy atom. The summed E-state index contributed by atoms with van der Waals surface area (Å²) in [6.45, 7) is 2.52. The molecule has 6 nitrogen and oxygen atoms in total. The molecule has 0 aliphatic carbocycles. The second kappa shape index (κ2) is 6.26. The van der Waals surface area contributed by atoms with Crippen molar-refractivity contribution >= 4 is 17.2 Å². The first-order valence-electron chi connectivity index (χ1n) is 6.99. The summed E-state index contributed by atoms with van der Waals surface area (Å²) in [4.78, 5) is 18.6. The maximum absolute atomic E-state index is 12.4. The van der Waals surface area contributed by atoms with E-state index in [1.165, 1.54) is 0 Å². The van der Waals surface area contributed by atoms with Crippen LogP contribution in [0.5, 0.6) is 5.88 Å². The number of ether oxygens (including phenoxy) is 1. The number of aromatic nitrogens is 2. The fourth-order valence-electron chi connectivity index (χ4n) is 2.52. The molecule has 3 heterocycles. The van der Waals surface area contributed by atoms with Gasteiger partial charge in [0.05, 0.1) is 6.04 Å². The Labute approximate surface area is 126 Å². The second-order valence-corrected chi connectivity index (χ2v) is 5.96. The van der Waals surface area contributed by atoms with Crippen LogP contribution in [0.15, 0.2) is 22.2 Å². The Bertz CT molecular complexity index is 596. The molecule has 0 aromatic carbocycles. The average Bonchev–Trinajstić information content (AvgIpc) is 3.16. The van der Waals surface area contributed by atoms with Gasteiger partial charge in [-0.3, -0.25) is 4.79 Å². The predicted molar refractivity (Wildman–Crippen MR) is 77.2 cm³/mol. The van der Waals surface area contributed by atoms with Crippen molar-refractivity contribution < 1.29 is 14.1 Å². The number of piperidine rings is 1. The summed E-state index contributed by atoms with van der Waals surface area (Å²) in [6, 6.07) is 1.75. The second-order valence-electron chi connectivity index (χ2n) is 5.03. The van der Waals surface area contributed by atoms with Gasteiger partial charge in [-0.05, 0) is 31.3 Å². The monoisotopic (exact) mass is 307 g/mol. The highest BCUT2D eigenvalue weighted by atomic mass is 32.1. The molecule has 1 fully saturated rings. The summed E-state index contributed by atoms with van der Waals surface area (Å²) in [6.07, 6.45) is 4.89. The van der Waals surface area contributed by atoms with Crippen molar-refractivity contribution in [1.29, 1.82) is 0 Å². The number of hydrogen-bond donors (Lipinski definition) is 0. The highest BCUT2D eigenvalue weighted by molar-refractivity contribution is 7.09. The molecule has 1 amide bonds. The third-order valence-electron chi connectivity index (χ3n) is 3.51. The lowest BCUT2D eigenvalue weighted by Crippen LogP contribution is -2.41. The van der Waals surface area contributed by atoms with E-state index in [2.05, 4.69) is 10.1 Å². The molecular formula is C14H17N3O3S. The van der Waals surface area contributed by atoms with Crippen LogP contribution in [-0.2, 0) is 4.79 Å². The summed E-state index contributed by atoms with van der Waals surface area (Å²) in [5, 5.41) is 6.67. The molecule has 0 saturated carbocycles. The van der Waals surface area contributed by atoms with Gasteiger partial charge in [0.15, 0.2) is 6.61 Å². The van der Waals surface area contributed by atoms with Gasteiger partial charge in [0.1, 0.15) is 10.8 Å². The molecular weight excluding hydrogens is 290 g/mol. The van der Waals surface area contributed by atoms with E-state index in [4.69, 9.17) is 9.26 Å². The minimum Gasteiger partial charge on any atom is -0.465 e. The van der Waals surface area contributed by atoms with Gasteiger partial charge in [-0.1, -0.05) is 0 Å². The van der Waals surface area contributed by atoms with Crippen molar-refractivity contribution in [3.05, 3.63) is 28.4 Å². The van der Waals surface area contributed by atoms with E-state index in [1.54, 1.807) is 30.5 Å². The van der Waals surface area contributed by atoms with E-state index < -0.39 is 0 Å². The molecule has 0 radical (unpaired) electrons. The Hall–Kier alpha value is -1.89. The first-order chi connectivity index (χ1) is 10.2. The number of rotatable bonds is 4. The fourth-order valence-corrected chi connectivity index (χ4v) is 3.30. The van der Waals surface area contributed by atoms with Gasteiger partial charge in [-0.2, -0.15) is 0 Å². The molecule has 1 atom stereocenters. The number of hydrogen-bond acceptors (Lipinski definition) is 6. The number of thiazole rings is 1. The normalized spacial score (nSPS) is 18.7. The van der Waals surface area contributed by atoms with Crippen LogP contribution in [0, 0.1) is 6.92 Å². The summed E-state index contributed by atoms with van der Waals surface area (Å²) in [5.74, 6) is 0.982. The fraction of sp³-hybridized carbons (Fsp3) is 0.500. The number of amides is 1. The SMILES string of the molecule is Cc1cc(OCC(=O)N2CCCCC2c2nccs2)no1. The van der Waals surface area contributed by atoms with Gasteiger partial charge < -0.3 is 14.2 Å². The van der Waals surface area contributed by atoms with Gasteiger partial charge in [0.2, 0.25) is 0 Å². The Morgan fingerprint density at radius 2 is 2.48 bits per heavy atom. The third kappa shape index (κ3) is 3.24. The van der Waals surface area contributed by atoms with E-state index in [1.807, 2.05) is 10.3 Å². The molecule has 2 aromatic rings. The molecule has 1 aliphatic heterocycles. The molecule has 7 heteroatoms. The van der Waals surface area contributed by atoms with Gasteiger partial charge >= 0.3 is 0 Å². The van der Waals surface area contributed by atoms with Crippen molar-refractivity contribution in [3.63, 3.8) is 0 Å². The van der Waals surface area contributed by atoms with Crippen molar-refractivity contribution in [2.75, 3.05) is 13.2 Å². The van der Waals surface area contributed by atoms with E-state index >= 15 is 0 Å². The zero-order chi connectivity index (χ0) is 14.7. The predicted octanol–water partition coefficient (Wildman–Crippen LogP) is 2.57. The van der Waals surface area contributed by atoms with Crippen LogP contribution >= 0.6 is 11.3 Å². The summed E-state index contributed by atoms with van der Waals surface area (Å²) < 4.78 is 10.3. The molecule has 1 aliphatic rings. The number of carbonyl (C=O) groups excluding carboxylic acids is 1. The largest absolute Gasteiger partial charge is 0.465 e. The van der Waals surface area contributed by atoms with Crippen LogP contribution in [0.4, 0.5) is 0 Å². The van der Waals surface area contributed by atoms with Crippen LogP contribution in [0.3, 0.4) is 0 Å². The van der Waals surface area contributed by atoms with Crippen LogP contribution < -0.4 is 4.74 Å². The first kappa shape index (κ1) is 14.1. The summed E-state index contributed by atoms with van der Waals surface area (Å²) >= 11 is 1.60. The van der Waals surface area contributed by atoms with Crippen LogP contribution in [0.2, 0.25) is 0 Å². The number of aryl methyl sites for hydroxylation is 1. The maximum atomic E-state index is 12.4. The van der Waals surface area contributed by atoms with Crippen molar-refractivity contribution in [2.45, 2.75) is 32.2 Å². The molecule has 3 rings (SSSR count). The van der Waals surface area contributed by atoms with Crippen LogP contribution in [0.1, 0.15) is 36.1 Å². The molecule has 1 saturated heterocycles. The topological polar surface area (TPSA) is 68.5 Å². The van der Waals surface area contributed by atoms with E-state index in [0.29, 0.717) is 11.6 Å². The van der Waals surface area contributed by atoms with Crippen molar-refractivity contribution in [1.82, 2.24) is 15.0 Å². The lowest BCUT2D eigenvalue weighted by atomic mass is 10.0. The van der Waals surface area contributed by atoms with E-state index in [9.17, 15) is 4.79 Å². The lowest BCUT2D eigenvalue weighted by Gasteiger charge is -2.34. The molecule has 112 valence electrons. The average molecular weight is 307 g/mol. The van der Waals surface area contributed by atoms with Crippen molar-refractivity contribution in [3.8, 4) is 5.88 Å². The minimum absolute atomic E-state index is 0.0200. The summed E-state index contributed by atoms with van der Waals surface area (Å²) in [7, 11) is 0. The molecule has 2 aromatic heterocycles. The molecule has 0 bridgehead atoms. The highest BCUT2D eigenvalue weighted by Crippen LogP contribution is 2.32. The lowest BCUT2D eigenvalue weighted by molar-refractivity contribution is -0.137. The third-order valence-corrected chi connectivity index (χ3v) is 4.39. The minimum atomic E-state index is -0.0319. The van der Waals surface area contributed by atoms with Gasteiger partial charge in [-0.25, -0.2) is 4.98 Å². The van der Waals surface area contributed by atoms with E-state index in [0.717, 1.165) is 30.8 Å². The zero-order valence-electron chi connectivity index (χ0n) is 11.8. The van der Waals surface area contributed by atoms with Crippen molar-refractivity contribution in [2.24, 2.45) is 0 Å². The molecule has 0 N–H and O–H groups in total. The zero-order valence-corrected chi connectivity index (χ0v) is 12.6. The van der Waals surface area contributed by atoms with Gasteiger partial charge in [0.25, 0.3) is 11.8 Å². The first-order valence-corrected chi connectivity index (χ1v) is 7.87. The molecule has 1 unspecified atom stereocenters. The molecule has 0 spiro atoms. The number of carbonyl (C=O) groups is 1. The molecule has 21 heavy (non-hydrogen) atoms.